The lowest BCUT2D eigenvalue weighted by Gasteiger charge is -2.18. The Balaban J connectivity index is 1.40. The van der Waals surface area contributed by atoms with E-state index in [0.717, 1.165) is 0 Å². The molecule has 5 aromatic rings. The molecular formula is C28H24ClFN4O4. The van der Waals surface area contributed by atoms with Crippen molar-refractivity contribution in [3.63, 3.8) is 0 Å². The summed E-state index contributed by atoms with van der Waals surface area (Å²) in [7, 11) is 3.09. The Bertz CT molecular complexity index is 1590. The number of anilines is 2. The number of hydrogen-bond donors (Lipinski definition) is 2. The largest absolute Gasteiger partial charge is 0.493 e. The van der Waals surface area contributed by atoms with Crippen molar-refractivity contribution >= 4 is 34.1 Å². The predicted octanol–water partition coefficient (Wildman–Crippen LogP) is 6.10. The summed E-state index contributed by atoms with van der Waals surface area (Å²) >= 11 is 6.47. The summed E-state index contributed by atoms with van der Waals surface area (Å²) in [5, 5.41) is 14.9. The number of methoxy groups -OCH3 is 2. The zero-order chi connectivity index (χ0) is 26.6. The number of hydrogen-bond acceptors (Lipinski definition) is 7. The summed E-state index contributed by atoms with van der Waals surface area (Å²) in [4.78, 5) is 8.73. The lowest BCUT2D eigenvalue weighted by molar-refractivity contribution is 0.150. The lowest BCUT2D eigenvalue weighted by Crippen LogP contribution is -2.10. The van der Waals surface area contributed by atoms with Gasteiger partial charge in [0.05, 0.1) is 24.8 Å². The van der Waals surface area contributed by atoms with Gasteiger partial charge in [0, 0.05) is 17.4 Å². The molecule has 8 nitrogen and oxygen atoms in total. The molecule has 0 aliphatic heterocycles. The Hall–Kier alpha value is -4.34. The minimum atomic E-state index is -1.04. The number of aliphatic hydroxyl groups excluding tert-OH is 1. The zero-order valence-corrected chi connectivity index (χ0v) is 21.3. The molecule has 38 heavy (non-hydrogen) atoms. The van der Waals surface area contributed by atoms with E-state index < -0.39 is 6.23 Å². The van der Waals surface area contributed by atoms with Crippen LogP contribution in [0, 0.1) is 5.82 Å². The van der Waals surface area contributed by atoms with Crippen LogP contribution in [0.1, 0.15) is 17.4 Å². The van der Waals surface area contributed by atoms with Crippen LogP contribution < -0.4 is 19.5 Å². The smallest absolute Gasteiger partial charge is 0.161 e. The van der Waals surface area contributed by atoms with Crippen LogP contribution in [-0.4, -0.2) is 33.9 Å². The van der Waals surface area contributed by atoms with Gasteiger partial charge in [0.1, 0.15) is 30.0 Å². The maximum Gasteiger partial charge on any atom is 0.161 e. The molecule has 194 valence electrons. The second-order valence-corrected chi connectivity index (χ2v) is 8.76. The number of nitrogens with one attached hydrogen (secondary N) is 1. The van der Waals surface area contributed by atoms with Crippen molar-refractivity contribution in [2.75, 3.05) is 19.5 Å². The molecule has 5 rings (SSSR count). The second-order valence-electron chi connectivity index (χ2n) is 8.36. The molecule has 1 atom stereocenters. The first-order valence-electron chi connectivity index (χ1n) is 11.6. The highest BCUT2D eigenvalue weighted by atomic mass is 35.5. The molecule has 0 saturated carbocycles. The normalized spacial score (nSPS) is 11.8. The molecule has 10 heteroatoms. The summed E-state index contributed by atoms with van der Waals surface area (Å²) in [6.07, 6.45) is 2.14. The van der Waals surface area contributed by atoms with Crippen molar-refractivity contribution in [2.24, 2.45) is 0 Å². The highest BCUT2D eigenvalue weighted by Crippen LogP contribution is 2.34. The first kappa shape index (κ1) is 25.3. The fourth-order valence-corrected chi connectivity index (χ4v) is 4.32. The highest BCUT2D eigenvalue weighted by Gasteiger charge is 2.19. The van der Waals surface area contributed by atoms with Crippen molar-refractivity contribution < 1.29 is 23.7 Å². The summed E-state index contributed by atoms with van der Waals surface area (Å²) in [6.45, 7) is 0.179. The summed E-state index contributed by atoms with van der Waals surface area (Å²) in [5.41, 5.74) is 3.18. The molecule has 0 bridgehead atoms. The van der Waals surface area contributed by atoms with Crippen molar-refractivity contribution in [2.45, 2.75) is 12.8 Å². The fourth-order valence-electron chi connectivity index (χ4n) is 4.08. The third-order valence-corrected chi connectivity index (χ3v) is 6.24. The number of fused-ring (bicyclic) bond motifs is 1. The fraction of sp³-hybridized carbons (Fsp3) is 0.143. The average Bonchev–Trinajstić information content (AvgIpc) is 3.37. The van der Waals surface area contributed by atoms with Crippen molar-refractivity contribution in [1.29, 1.82) is 0 Å². The molecule has 2 aromatic heterocycles. The summed E-state index contributed by atoms with van der Waals surface area (Å²) in [6, 6.07) is 18.4. The first-order chi connectivity index (χ1) is 18.5. The van der Waals surface area contributed by atoms with Gasteiger partial charge < -0.3 is 29.2 Å². The van der Waals surface area contributed by atoms with Crippen LogP contribution in [0.4, 0.5) is 15.9 Å². The molecule has 0 spiro atoms. The molecule has 0 radical (unpaired) electrons. The number of aliphatic hydroxyl groups is 1. The van der Waals surface area contributed by atoms with Crippen molar-refractivity contribution in [3.05, 3.63) is 101 Å². The third-order valence-electron chi connectivity index (χ3n) is 5.95. The van der Waals surface area contributed by atoms with Crippen LogP contribution in [0.2, 0.25) is 5.02 Å². The summed E-state index contributed by atoms with van der Waals surface area (Å²) in [5.74, 6) is 1.68. The Morgan fingerprint density at radius 1 is 0.974 bits per heavy atom. The van der Waals surface area contributed by atoms with Crippen molar-refractivity contribution in [3.8, 4) is 17.2 Å². The van der Waals surface area contributed by atoms with Gasteiger partial charge >= 0.3 is 0 Å². The van der Waals surface area contributed by atoms with Gasteiger partial charge in [0.2, 0.25) is 0 Å². The molecular weight excluding hydrogens is 511 g/mol. The van der Waals surface area contributed by atoms with Gasteiger partial charge in [-0.05, 0) is 54.1 Å². The van der Waals surface area contributed by atoms with E-state index in [-0.39, 0.29) is 12.4 Å². The van der Waals surface area contributed by atoms with E-state index in [2.05, 4.69) is 15.3 Å². The molecule has 2 N–H and O–H groups in total. The Morgan fingerprint density at radius 2 is 1.79 bits per heavy atom. The SMILES string of the molecule is COc1ccc(C(O)n2ccc3ncnc(Nc4ccc(OCc5cccc(F)c5)c(Cl)c4)c32)cc1OC. The van der Waals surface area contributed by atoms with Crippen LogP contribution in [0.5, 0.6) is 17.2 Å². The topological polar surface area (TPSA) is 90.7 Å². The molecule has 0 aliphatic rings. The van der Waals surface area contributed by atoms with E-state index in [0.29, 0.717) is 55.9 Å². The average molecular weight is 535 g/mol. The molecule has 0 amide bonds. The zero-order valence-electron chi connectivity index (χ0n) is 20.6. The number of aromatic nitrogens is 3. The summed E-state index contributed by atoms with van der Waals surface area (Å²) < 4.78 is 31.5. The maximum absolute atomic E-state index is 13.4. The highest BCUT2D eigenvalue weighted by molar-refractivity contribution is 6.32. The minimum absolute atomic E-state index is 0.179. The van der Waals surface area contributed by atoms with Crippen LogP contribution in [-0.2, 0) is 6.61 Å². The number of benzene rings is 3. The van der Waals surface area contributed by atoms with Crippen LogP contribution >= 0.6 is 11.6 Å². The number of ether oxygens (including phenoxy) is 3. The van der Waals surface area contributed by atoms with Gasteiger partial charge in [-0.1, -0.05) is 29.8 Å². The van der Waals surface area contributed by atoms with E-state index in [1.165, 1.54) is 25.6 Å². The van der Waals surface area contributed by atoms with E-state index in [1.807, 2.05) is 0 Å². The molecule has 1 unspecified atom stereocenters. The molecule has 0 saturated heterocycles. The van der Waals surface area contributed by atoms with Crippen LogP contribution in [0.15, 0.2) is 79.3 Å². The van der Waals surface area contributed by atoms with Crippen LogP contribution in [0.3, 0.4) is 0 Å². The van der Waals surface area contributed by atoms with Crippen LogP contribution in [0.25, 0.3) is 11.0 Å². The minimum Gasteiger partial charge on any atom is -0.493 e. The first-order valence-corrected chi connectivity index (χ1v) is 12.0. The van der Waals surface area contributed by atoms with Gasteiger partial charge in [-0.15, -0.1) is 0 Å². The monoisotopic (exact) mass is 534 g/mol. The van der Waals surface area contributed by atoms with Crippen molar-refractivity contribution in [1.82, 2.24) is 14.5 Å². The molecule has 2 heterocycles. The predicted molar refractivity (Wildman–Crippen MR) is 143 cm³/mol. The van der Waals surface area contributed by atoms with Gasteiger partial charge in [0.25, 0.3) is 0 Å². The van der Waals surface area contributed by atoms with E-state index in [9.17, 15) is 9.50 Å². The Kier molecular flexibility index (Phi) is 7.30. The van der Waals surface area contributed by atoms with Gasteiger partial charge in [0.15, 0.2) is 23.5 Å². The number of nitrogens with zero attached hydrogens (tertiary/aromatic N) is 3. The standard InChI is InChI=1S/C28H24ClFN4O4/c1-36-24-8-6-18(13-25(24)37-2)28(35)34-11-10-22-26(34)27(32-16-31-22)33-20-7-9-23(21(29)14-20)38-15-17-4-3-5-19(30)12-17/h3-14,16,28,35H,15H2,1-2H3,(H,31,32,33). The Labute approximate surface area is 223 Å². The molecule has 0 fully saturated rings. The quantitative estimate of drug-likeness (QED) is 0.236. The van der Waals surface area contributed by atoms with Gasteiger partial charge in [-0.2, -0.15) is 0 Å². The third kappa shape index (κ3) is 5.20. The van der Waals surface area contributed by atoms with Gasteiger partial charge in [-0.25, -0.2) is 14.4 Å². The van der Waals surface area contributed by atoms with E-state index in [4.69, 9.17) is 25.8 Å². The van der Waals surface area contributed by atoms with E-state index >= 15 is 0 Å². The second kappa shape index (κ2) is 11.0. The lowest BCUT2D eigenvalue weighted by atomic mass is 10.1. The maximum atomic E-state index is 13.4. The molecule has 0 aliphatic carbocycles. The number of rotatable bonds is 9. The molecule has 3 aromatic carbocycles. The Morgan fingerprint density at radius 3 is 2.55 bits per heavy atom. The van der Waals surface area contributed by atoms with E-state index in [1.54, 1.807) is 72.5 Å². The number of halogens is 2. The van der Waals surface area contributed by atoms with Gasteiger partial charge in [-0.3, -0.25) is 0 Å².